The average Bonchev–Trinajstić information content (AvgIpc) is 3.13. The van der Waals surface area contributed by atoms with Crippen molar-refractivity contribution in [3.63, 3.8) is 0 Å². The van der Waals surface area contributed by atoms with E-state index in [4.69, 9.17) is 4.74 Å². The van der Waals surface area contributed by atoms with Crippen LogP contribution in [0.5, 0.6) is 0 Å². The molecule has 0 saturated carbocycles. The fraction of sp³-hybridized carbons (Fsp3) is 0.350. The van der Waals surface area contributed by atoms with Crippen molar-refractivity contribution in [2.75, 3.05) is 26.7 Å². The smallest absolute Gasteiger partial charge is 0.191 e. The summed E-state index contributed by atoms with van der Waals surface area (Å²) in [5.74, 6) is 1.76. The standard InChI is InChI=1S/C20H26N6O/c1-21-20(23-13-15-27-16-17-8-3-2-4-9-17)22-12-7-11-19-25-24-18-10-5-6-14-26(18)19/h2-6,8-10,14H,7,11-13,15-16H2,1H3,(H2,21,22,23). The molecule has 2 heterocycles. The third-order valence-electron chi connectivity index (χ3n) is 4.13. The number of aromatic nitrogens is 3. The molecule has 0 amide bonds. The summed E-state index contributed by atoms with van der Waals surface area (Å²) < 4.78 is 7.69. The summed E-state index contributed by atoms with van der Waals surface area (Å²) in [6.07, 6.45) is 3.80. The van der Waals surface area contributed by atoms with Gasteiger partial charge in [0, 0.05) is 32.8 Å². The molecule has 1 aromatic carbocycles. The summed E-state index contributed by atoms with van der Waals surface area (Å²) in [4.78, 5) is 4.23. The number of hydrogen-bond acceptors (Lipinski definition) is 4. The van der Waals surface area contributed by atoms with Gasteiger partial charge in [-0.05, 0) is 24.1 Å². The van der Waals surface area contributed by atoms with Crippen molar-refractivity contribution in [1.82, 2.24) is 25.2 Å². The average molecular weight is 366 g/mol. The predicted octanol–water partition coefficient (Wildman–Crippen LogP) is 2.04. The number of nitrogens with zero attached hydrogens (tertiary/aromatic N) is 4. The molecule has 3 aromatic rings. The monoisotopic (exact) mass is 366 g/mol. The molecule has 27 heavy (non-hydrogen) atoms. The molecular weight excluding hydrogens is 340 g/mol. The van der Waals surface area contributed by atoms with Crippen molar-refractivity contribution in [2.24, 2.45) is 4.99 Å². The van der Waals surface area contributed by atoms with Crippen molar-refractivity contribution in [3.05, 3.63) is 66.1 Å². The van der Waals surface area contributed by atoms with Crippen LogP contribution >= 0.6 is 0 Å². The van der Waals surface area contributed by atoms with Gasteiger partial charge in [0.1, 0.15) is 5.82 Å². The highest BCUT2D eigenvalue weighted by molar-refractivity contribution is 5.79. The second-order valence-electron chi connectivity index (χ2n) is 6.11. The minimum absolute atomic E-state index is 0.626. The summed E-state index contributed by atoms with van der Waals surface area (Å²) in [6.45, 7) is 2.77. The maximum atomic E-state index is 5.67. The molecule has 0 atom stereocenters. The summed E-state index contributed by atoms with van der Waals surface area (Å²) >= 11 is 0. The van der Waals surface area contributed by atoms with E-state index in [1.54, 1.807) is 7.05 Å². The molecule has 2 N–H and O–H groups in total. The molecule has 142 valence electrons. The molecule has 0 aliphatic heterocycles. The quantitative estimate of drug-likeness (QED) is 0.344. The lowest BCUT2D eigenvalue weighted by atomic mass is 10.2. The van der Waals surface area contributed by atoms with Crippen molar-refractivity contribution < 1.29 is 4.74 Å². The minimum atomic E-state index is 0.626. The van der Waals surface area contributed by atoms with Crippen molar-refractivity contribution in [1.29, 1.82) is 0 Å². The number of benzene rings is 1. The number of rotatable bonds is 9. The molecular formula is C20H26N6O. The van der Waals surface area contributed by atoms with Crippen LogP contribution in [0.2, 0.25) is 0 Å². The van der Waals surface area contributed by atoms with Crippen molar-refractivity contribution >= 4 is 11.6 Å². The first-order valence-electron chi connectivity index (χ1n) is 9.21. The highest BCUT2D eigenvalue weighted by Gasteiger charge is 2.04. The van der Waals surface area contributed by atoms with Crippen molar-refractivity contribution in [3.8, 4) is 0 Å². The van der Waals surface area contributed by atoms with Crippen LogP contribution in [-0.2, 0) is 17.8 Å². The Morgan fingerprint density at radius 3 is 2.70 bits per heavy atom. The second kappa shape index (κ2) is 10.3. The first-order valence-corrected chi connectivity index (χ1v) is 9.21. The highest BCUT2D eigenvalue weighted by atomic mass is 16.5. The van der Waals surface area contributed by atoms with Crippen LogP contribution in [0.1, 0.15) is 17.8 Å². The molecule has 3 rings (SSSR count). The van der Waals surface area contributed by atoms with Gasteiger partial charge >= 0.3 is 0 Å². The number of aryl methyl sites for hydroxylation is 1. The molecule has 0 fully saturated rings. The zero-order valence-corrected chi connectivity index (χ0v) is 15.6. The zero-order chi connectivity index (χ0) is 18.7. The van der Waals surface area contributed by atoms with Crippen LogP contribution in [0, 0.1) is 0 Å². The topological polar surface area (TPSA) is 75.8 Å². The Morgan fingerprint density at radius 2 is 1.85 bits per heavy atom. The summed E-state index contributed by atoms with van der Waals surface area (Å²) in [7, 11) is 1.77. The van der Waals surface area contributed by atoms with Gasteiger partial charge in [0.25, 0.3) is 0 Å². The Bertz CT molecular complexity index is 846. The maximum absolute atomic E-state index is 5.67. The highest BCUT2D eigenvalue weighted by Crippen LogP contribution is 2.04. The molecule has 7 nitrogen and oxygen atoms in total. The van der Waals surface area contributed by atoms with Gasteiger partial charge < -0.3 is 15.4 Å². The minimum Gasteiger partial charge on any atom is -0.375 e. The number of guanidine groups is 1. The van der Waals surface area contributed by atoms with E-state index in [9.17, 15) is 0 Å². The van der Waals surface area contributed by atoms with Gasteiger partial charge in [-0.3, -0.25) is 9.39 Å². The van der Waals surface area contributed by atoms with Gasteiger partial charge in [-0.1, -0.05) is 36.4 Å². The number of pyridine rings is 1. The van der Waals surface area contributed by atoms with Gasteiger partial charge in [0.15, 0.2) is 11.6 Å². The first kappa shape index (κ1) is 18.8. The first-order chi connectivity index (χ1) is 13.4. The Morgan fingerprint density at radius 1 is 1.04 bits per heavy atom. The van der Waals surface area contributed by atoms with Gasteiger partial charge in [-0.25, -0.2) is 0 Å². The molecule has 0 spiro atoms. The maximum Gasteiger partial charge on any atom is 0.191 e. The Kier molecular flexibility index (Phi) is 7.17. The Balaban J connectivity index is 1.30. The second-order valence-corrected chi connectivity index (χ2v) is 6.11. The van der Waals surface area contributed by atoms with Crippen LogP contribution in [-0.4, -0.2) is 47.3 Å². The van der Waals surface area contributed by atoms with E-state index >= 15 is 0 Å². The van der Waals surface area contributed by atoms with Crippen LogP contribution in [0.3, 0.4) is 0 Å². The van der Waals surface area contributed by atoms with Gasteiger partial charge in [-0.2, -0.15) is 0 Å². The van der Waals surface area contributed by atoms with E-state index in [2.05, 4.69) is 38.0 Å². The molecule has 0 unspecified atom stereocenters. The Hall–Kier alpha value is -2.93. The normalized spacial score (nSPS) is 11.7. The molecule has 7 heteroatoms. The van der Waals surface area contributed by atoms with E-state index in [-0.39, 0.29) is 0 Å². The molecule has 0 aliphatic carbocycles. The molecule has 0 bridgehead atoms. The van der Waals surface area contributed by atoms with E-state index in [1.807, 2.05) is 47.0 Å². The van der Waals surface area contributed by atoms with E-state index in [0.29, 0.717) is 19.8 Å². The third-order valence-corrected chi connectivity index (χ3v) is 4.13. The van der Waals surface area contributed by atoms with E-state index in [0.717, 1.165) is 36.8 Å². The molecule has 0 radical (unpaired) electrons. The number of nitrogens with one attached hydrogen (secondary N) is 2. The number of hydrogen-bond donors (Lipinski definition) is 2. The van der Waals surface area contributed by atoms with Crippen LogP contribution in [0.15, 0.2) is 59.7 Å². The Labute approximate surface area is 159 Å². The molecule has 2 aromatic heterocycles. The van der Waals surface area contributed by atoms with Crippen molar-refractivity contribution in [2.45, 2.75) is 19.4 Å². The molecule has 0 saturated heterocycles. The lowest BCUT2D eigenvalue weighted by Crippen LogP contribution is -2.39. The lowest BCUT2D eigenvalue weighted by Gasteiger charge is -2.12. The van der Waals surface area contributed by atoms with Gasteiger partial charge in [-0.15, -0.1) is 10.2 Å². The number of fused-ring (bicyclic) bond motifs is 1. The number of aliphatic imine (C=N–C) groups is 1. The fourth-order valence-corrected chi connectivity index (χ4v) is 2.74. The predicted molar refractivity (Wildman–Crippen MR) is 107 cm³/mol. The summed E-state index contributed by atoms with van der Waals surface area (Å²) in [6, 6.07) is 16.1. The fourth-order valence-electron chi connectivity index (χ4n) is 2.74. The zero-order valence-electron chi connectivity index (χ0n) is 15.6. The molecule has 0 aliphatic rings. The van der Waals surface area contributed by atoms with E-state index in [1.165, 1.54) is 5.56 Å². The lowest BCUT2D eigenvalue weighted by molar-refractivity contribution is 0.125. The summed E-state index contributed by atoms with van der Waals surface area (Å²) in [5, 5.41) is 15.0. The largest absolute Gasteiger partial charge is 0.375 e. The van der Waals surface area contributed by atoms with E-state index < -0.39 is 0 Å². The van der Waals surface area contributed by atoms with Gasteiger partial charge in [0.2, 0.25) is 0 Å². The third kappa shape index (κ3) is 5.79. The summed E-state index contributed by atoms with van der Waals surface area (Å²) in [5.41, 5.74) is 2.06. The van der Waals surface area contributed by atoms with Crippen LogP contribution in [0.25, 0.3) is 5.65 Å². The number of ether oxygens (including phenoxy) is 1. The SMILES string of the molecule is CN=C(NCCCc1nnc2ccccn12)NCCOCc1ccccc1. The van der Waals surface area contributed by atoms with Crippen LogP contribution < -0.4 is 10.6 Å². The van der Waals surface area contributed by atoms with Gasteiger partial charge in [0.05, 0.1) is 13.2 Å². The van der Waals surface area contributed by atoms with Crippen LogP contribution in [0.4, 0.5) is 0 Å².